The normalized spacial score (nSPS) is 27.5. The van der Waals surface area contributed by atoms with Crippen molar-refractivity contribution in [1.29, 1.82) is 0 Å². The number of hydrogen-bond acceptors (Lipinski definition) is 10. The van der Waals surface area contributed by atoms with Gasteiger partial charge in [-0.1, -0.05) is 192 Å². The first-order valence-corrected chi connectivity index (χ1v) is 48.1. The molecule has 12 atom stereocenters. The molecule has 6 aliphatic carbocycles. The number of allylic oxidation sites excluding steroid dienone is 6. The second kappa shape index (κ2) is 38.4. The number of rotatable bonds is 23. The van der Waals surface area contributed by atoms with Gasteiger partial charge in [0, 0.05) is 35.5 Å². The van der Waals surface area contributed by atoms with E-state index in [9.17, 15) is 97.1 Å². The van der Waals surface area contributed by atoms with Crippen LogP contribution < -0.4 is 10.6 Å². The van der Waals surface area contributed by atoms with E-state index in [0.29, 0.717) is 81.9 Å². The van der Waals surface area contributed by atoms with Crippen LogP contribution in [0.1, 0.15) is 238 Å². The average Bonchev–Trinajstić information content (AvgIpc) is 1.59. The highest BCUT2D eigenvalue weighted by molar-refractivity contribution is 7.78. The van der Waals surface area contributed by atoms with Gasteiger partial charge in [-0.15, -0.1) is 0 Å². The first-order valence-electron chi connectivity index (χ1n) is 40.9. The summed E-state index contributed by atoms with van der Waals surface area (Å²) in [5, 5.41) is 61.8. The minimum Gasteiger partial charge on any atom is -0.410 e. The highest BCUT2D eigenvalue weighted by Gasteiger charge is 2.70. The molecular weight excluding hydrogens is 1560 g/mol. The molecule has 6 aliphatic rings. The van der Waals surface area contributed by atoms with E-state index in [1.807, 2.05) is 93.6 Å². The van der Waals surface area contributed by atoms with Gasteiger partial charge >= 0.3 is 24.7 Å². The van der Waals surface area contributed by atoms with E-state index in [2.05, 4.69) is 80.8 Å². The first-order chi connectivity index (χ1) is 52.2. The van der Waals surface area contributed by atoms with Crippen LogP contribution in [0.2, 0.25) is 31.2 Å². The molecule has 0 spiro atoms. The van der Waals surface area contributed by atoms with Crippen LogP contribution in [-0.2, 0) is 18.2 Å². The summed E-state index contributed by atoms with van der Waals surface area (Å²) in [5.74, 6) is 0.596. The molecule has 0 radical (unpaired) electrons. The number of ketones is 1. The molecule has 0 saturated heterocycles. The van der Waals surface area contributed by atoms with Crippen LogP contribution in [0, 0.1) is 56.7 Å². The molecule has 6 N–H and O–H groups in total. The number of Topliss-reactive ketones (excluding diaryl/α,β-unsaturated/α-hetero) is 1. The number of carbonyl (C=O) groups excluding carboxylic acids is 1. The fourth-order valence-electron chi connectivity index (χ4n) is 18.9. The summed E-state index contributed by atoms with van der Waals surface area (Å²) in [6.45, 7) is 45.0. The summed E-state index contributed by atoms with van der Waals surface area (Å²) in [5.41, 5.74) is -8.70. The van der Waals surface area contributed by atoms with Gasteiger partial charge in [0.1, 0.15) is 12.9 Å². The Balaban J connectivity index is 0.000000303. The van der Waals surface area contributed by atoms with Gasteiger partial charge in [0.2, 0.25) is 0 Å². The van der Waals surface area contributed by atoms with E-state index in [-0.39, 0.29) is 88.3 Å². The van der Waals surface area contributed by atoms with Crippen LogP contribution in [0.25, 0.3) is 0 Å². The number of aliphatic hydroxyl groups is 6. The predicted octanol–water partition coefficient (Wildman–Crippen LogP) is 23.4. The number of halogens is 12. The van der Waals surface area contributed by atoms with Crippen molar-refractivity contribution in [3.8, 4) is 0 Å². The van der Waals surface area contributed by atoms with Crippen molar-refractivity contribution < 1.29 is 102 Å². The summed E-state index contributed by atoms with van der Waals surface area (Å²) in [6, 6.07) is 19.9. The fraction of sp³-hybridized carbons (Fsp3) is 0.700. The molecule has 8 rings (SSSR count). The minimum absolute atomic E-state index is 0.0213. The standard InChI is InChI=1S/C33H48F6O4.C31H45O2PSi.C24H36F6O3.C2H6OSi/c1-21-23(19-24(40)20-26(21)41)11-10-22-9-6-17-30(5)25(22)12-13-27(30)29(4,15-7-14-28(2,3)42)16-8-18-31(43,32(34,35)36)33(37,38)39;1-24-25(22-26(30(2,3)4)23-29(24)33-35(8,9)31(5,6)7)20-21-34(32,27-16-12-10-13-17-27)28-18-14-11-15-19-28;1-19(2,32)11-6-12-20(3,13-7-15-22(33,23(25,26)27)24(28,29)30)18-10-9-16-17(31)8-5-14-21(16,18)4;1-4(2)3/h8,10-11,18,24-27,40-43H,1,6-7,9,12-17,19-20H2,2-5H3;10-20,26,29H,1,21-23H2,2-9H3;7,15-16,18,32-33H,5-6,8-14H2,1-4H3;1-2H3/b18-8+,22-10+,23-11-;25-20-;15-7+;/t24-,25?,26+,27-,29?,30+;26-,29+;16?,18-,20?,21+;/m111./s1. The zero-order chi connectivity index (χ0) is 87.8. The van der Waals surface area contributed by atoms with Gasteiger partial charge in [0.15, 0.2) is 8.32 Å². The Morgan fingerprint density at radius 2 is 0.983 bits per heavy atom. The van der Waals surface area contributed by atoms with E-state index in [1.54, 1.807) is 40.8 Å². The zero-order valence-electron chi connectivity index (χ0n) is 71.4. The molecule has 4 unspecified atom stereocenters. The number of carbonyl (C=O) groups is 1. The third-order valence-corrected chi connectivity index (χ3v) is 34.1. The van der Waals surface area contributed by atoms with Gasteiger partial charge in [-0.05, 0) is 260 Å². The van der Waals surface area contributed by atoms with Gasteiger partial charge in [0.05, 0.1) is 29.5 Å². The maximum atomic E-state index is 14.6. The second-order valence-corrected chi connectivity index (χ2v) is 48.6. The van der Waals surface area contributed by atoms with Gasteiger partial charge < -0.3 is 44.1 Å². The molecule has 6 fully saturated rings. The van der Waals surface area contributed by atoms with Gasteiger partial charge in [-0.2, -0.15) is 52.7 Å². The van der Waals surface area contributed by atoms with Crippen LogP contribution in [-0.4, -0.2) is 125 Å². The second-order valence-electron chi connectivity index (χ2n) is 39.1. The van der Waals surface area contributed by atoms with Gasteiger partial charge in [-0.3, -0.25) is 4.79 Å². The first kappa shape index (κ1) is 101. The highest BCUT2D eigenvalue weighted by atomic mass is 31.2. The predicted molar refractivity (Wildman–Crippen MR) is 440 cm³/mol. The highest BCUT2D eigenvalue weighted by Crippen LogP contribution is 2.65. The summed E-state index contributed by atoms with van der Waals surface area (Å²) >= 11 is 0. The van der Waals surface area contributed by atoms with Gasteiger partial charge in [-0.25, -0.2) is 0 Å². The van der Waals surface area contributed by atoms with Crippen LogP contribution in [0.3, 0.4) is 0 Å². The monoisotopic (exact) mass is 1690 g/mol. The van der Waals surface area contributed by atoms with Crippen LogP contribution in [0.4, 0.5) is 52.7 Å². The Hall–Kier alpha value is -4.37. The lowest BCUT2D eigenvalue weighted by molar-refractivity contribution is -0.348. The van der Waals surface area contributed by atoms with Crippen molar-refractivity contribution >= 4 is 40.5 Å². The van der Waals surface area contributed by atoms with E-state index in [1.165, 1.54) is 11.1 Å². The van der Waals surface area contributed by atoms with Crippen LogP contribution >= 0.6 is 7.14 Å². The molecule has 0 bridgehead atoms. The van der Waals surface area contributed by atoms with E-state index in [4.69, 9.17) is 4.43 Å². The molecule has 0 aliphatic heterocycles. The minimum atomic E-state index is -5.92. The van der Waals surface area contributed by atoms with Crippen molar-refractivity contribution in [3.05, 3.63) is 144 Å². The lowest BCUT2D eigenvalue weighted by atomic mass is 9.55. The molecule has 2 aromatic carbocycles. The molecule has 0 amide bonds. The lowest BCUT2D eigenvalue weighted by Crippen LogP contribution is -2.55. The number of fused-ring (bicyclic) bond motifs is 2. The summed E-state index contributed by atoms with van der Waals surface area (Å²) in [6.07, 6.45) is -4.25. The van der Waals surface area contributed by atoms with Gasteiger partial charge in [0.25, 0.3) is 19.9 Å². The number of benzene rings is 2. The molecule has 2 aromatic rings. The smallest absolute Gasteiger partial charge is 0.410 e. The number of alkyl halides is 12. The van der Waals surface area contributed by atoms with Crippen molar-refractivity contribution in [2.24, 2.45) is 56.7 Å². The average molecular weight is 1690 g/mol. The Morgan fingerprint density at radius 3 is 1.38 bits per heavy atom. The number of hydrogen-bond donors (Lipinski definition) is 6. The largest absolute Gasteiger partial charge is 0.429 e. The summed E-state index contributed by atoms with van der Waals surface area (Å²) in [7, 11) is -5.90. The third kappa shape index (κ3) is 25.6. The van der Waals surface area contributed by atoms with E-state index >= 15 is 0 Å². The maximum absolute atomic E-state index is 14.6. The SMILES string of the molecule is C=C1/C(=C\C=C2/CCC[C@@]3(C)C2CC[C@@H]3C(C)(C/C=C/C(O)(C(F)(F)F)C(F)(F)F)CCCC(C)(C)O)C[C@@H](O)C[C@@H]1O.C=C1/C(=C\CP(=O)(c2ccccc2)c2ccccc2)C[C@@H](C(C)(C)C)C[C@@H]1O[Si](C)(C)C(C)(C)C.CC(C)(O)CCCC(C)(C/C=C/C(O)(C(F)(F)F)C(F)(F)F)[C@H]1CCC2C(=O)CCC[C@@]21C.C[Si](C)=O. The van der Waals surface area contributed by atoms with Crippen LogP contribution in [0.5, 0.6) is 0 Å². The fourth-order valence-corrected chi connectivity index (χ4v) is 22.7. The Labute approximate surface area is 680 Å². The molecule has 0 aromatic heterocycles. The Kier molecular flexibility index (Phi) is 33.8. The zero-order valence-corrected chi connectivity index (χ0v) is 74.3. The summed E-state index contributed by atoms with van der Waals surface area (Å²) < 4.78 is 190. The van der Waals surface area contributed by atoms with Crippen molar-refractivity contribution in [2.45, 2.75) is 335 Å². The molecule has 25 heteroatoms. The quantitative estimate of drug-likeness (QED) is 0.0271. The molecule has 6 saturated carbocycles. The molecule has 0 heterocycles. The lowest BCUT2D eigenvalue weighted by Gasteiger charge is -2.49. The van der Waals surface area contributed by atoms with Crippen molar-refractivity contribution in [2.75, 3.05) is 6.16 Å². The molecular formula is C90H135F12O10PSi2. The van der Waals surface area contributed by atoms with Crippen LogP contribution in [0.15, 0.2) is 144 Å². The van der Waals surface area contributed by atoms with Crippen molar-refractivity contribution in [3.63, 3.8) is 0 Å². The molecule has 10 nitrogen and oxygen atoms in total. The topological polar surface area (TPSA) is 182 Å². The third-order valence-electron chi connectivity index (χ3n) is 26.6. The number of aliphatic hydroxyl groups excluding tert-OH is 2. The summed E-state index contributed by atoms with van der Waals surface area (Å²) in [4.78, 5) is 12.5. The van der Waals surface area contributed by atoms with Crippen molar-refractivity contribution in [1.82, 2.24) is 0 Å². The van der Waals surface area contributed by atoms with E-state index in [0.717, 1.165) is 91.7 Å². The Morgan fingerprint density at radius 1 is 0.574 bits per heavy atom. The van der Waals surface area contributed by atoms with E-state index < -0.39 is 94.3 Å². The molecule has 115 heavy (non-hydrogen) atoms. The maximum Gasteiger partial charge on any atom is 0.429 e. The molecule has 652 valence electrons. The Bertz CT molecular complexity index is 3720.